The average Bonchev–Trinajstić information content (AvgIpc) is 2.72. The number of hydrogen-bond acceptors (Lipinski definition) is 4. The summed E-state index contributed by atoms with van der Waals surface area (Å²) in [4.78, 5) is 0. The first kappa shape index (κ1) is 9.15. The third-order valence-corrected chi connectivity index (χ3v) is 3.14. The van der Waals surface area contributed by atoms with Crippen LogP contribution in [0.2, 0.25) is 0 Å². The quantitative estimate of drug-likeness (QED) is 0.489. The van der Waals surface area contributed by atoms with Crippen LogP contribution in [0.5, 0.6) is 0 Å². The molecule has 1 saturated heterocycles. The molecule has 0 amide bonds. The van der Waals surface area contributed by atoms with Gasteiger partial charge in [-0.3, -0.25) is 0 Å². The molecule has 4 atom stereocenters. The molecule has 0 aromatic rings. The molecule has 3 N–H and O–H groups in total. The first-order valence-electron chi connectivity index (χ1n) is 4.47. The van der Waals surface area contributed by atoms with Crippen LogP contribution in [0.1, 0.15) is 0 Å². The molecule has 0 aromatic heterocycles. The van der Waals surface area contributed by atoms with Crippen LogP contribution in [0.4, 0.5) is 0 Å². The minimum absolute atomic E-state index is 0.0119. The van der Waals surface area contributed by atoms with Crippen LogP contribution in [0.15, 0.2) is 12.2 Å². The Labute approximate surface area is 76.5 Å². The van der Waals surface area contributed by atoms with Crippen molar-refractivity contribution in [1.29, 1.82) is 0 Å². The lowest BCUT2D eigenvalue weighted by atomic mass is 9.76. The zero-order chi connectivity index (χ0) is 9.47. The average molecular weight is 186 g/mol. The predicted octanol–water partition coefficient (Wildman–Crippen LogP) is -1.10. The Morgan fingerprint density at radius 2 is 2.00 bits per heavy atom. The van der Waals surface area contributed by atoms with E-state index in [1.54, 1.807) is 6.08 Å². The topological polar surface area (TPSA) is 69.9 Å². The highest BCUT2D eigenvalue weighted by Gasteiger charge is 2.55. The maximum absolute atomic E-state index is 9.19. The van der Waals surface area contributed by atoms with Gasteiger partial charge in [0.2, 0.25) is 0 Å². The molecular weight excluding hydrogens is 172 g/mol. The molecule has 2 heterocycles. The van der Waals surface area contributed by atoms with Gasteiger partial charge in [0, 0.05) is 25.0 Å². The summed E-state index contributed by atoms with van der Waals surface area (Å²) in [5.41, 5.74) is -0.743. The number of aliphatic hydroxyl groups excluding tert-OH is 3. The van der Waals surface area contributed by atoms with Gasteiger partial charge in [-0.2, -0.15) is 0 Å². The van der Waals surface area contributed by atoms with Crippen molar-refractivity contribution < 1.29 is 20.1 Å². The van der Waals surface area contributed by atoms with E-state index in [9.17, 15) is 5.11 Å². The smallest absolute Gasteiger partial charge is 0.116 e. The Morgan fingerprint density at radius 1 is 1.23 bits per heavy atom. The molecule has 0 spiro atoms. The molecule has 1 fully saturated rings. The van der Waals surface area contributed by atoms with E-state index in [0.29, 0.717) is 0 Å². The van der Waals surface area contributed by atoms with Gasteiger partial charge in [0.1, 0.15) is 5.60 Å². The molecule has 0 unspecified atom stereocenters. The number of rotatable bonds is 3. The standard InChI is InChI=1S/C9H14O4/c10-3-6-7(4-11)9(5-12)2-1-8(6)13-9/h1-2,6-8,10-12H,3-5H2/t6-,7+,8+,9+/m0/s1. The summed E-state index contributed by atoms with van der Waals surface area (Å²) in [7, 11) is 0. The fraction of sp³-hybridized carbons (Fsp3) is 0.778. The molecule has 2 aliphatic rings. The number of aliphatic hydroxyl groups is 3. The molecular formula is C9H14O4. The SMILES string of the molecule is OC[C@H]1[C@@H](CO)[C@]2(CO)C=C[C@H]1O2. The second-order valence-corrected chi connectivity index (χ2v) is 3.69. The highest BCUT2D eigenvalue weighted by atomic mass is 16.5. The zero-order valence-corrected chi connectivity index (χ0v) is 7.26. The van der Waals surface area contributed by atoms with Crippen LogP contribution < -0.4 is 0 Å². The lowest BCUT2D eigenvalue weighted by Crippen LogP contribution is -2.41. The van der Waals surface area contributed by atoms with E-state index < -0.39 is 5.60 Å². The minimum Gasteiger partial charge on any atom is -0.396 e. The fourth-order valence-electron chi connectivity index (χ4n) is 2.35. The van der Waals surface area contributed by atoms with Gasteiger partial charge < -0.3 is 20.1 Å². The van der Waals surface area contributed by atoms with Crippen LogP contribution in [0.3, 0.4) is 0 Å². The van der Waals surface area contributed by atoms with E-state index in [0.717, 1.165) is 0 Å². The van der Waals surface area contributed by atoms with Crippen molar-refractivity contribution in [2.75, 3.05) is 19.8 Å². The van der Waals surface area contributed by atoms with Gasteiger partial charge in [-0.25, -0.2) is 0 Å². The van der Waals surface area contributed by atoms with E-state index in [4.69, 9.17) is 14.9 Å². The Balaban J connectivity index is 2.26. The molecule has 4 heteroatoms. The first-order chi connectivity index (χ1) is 6.27. The van der Waals surface area contributed by atoms with Gasteiger partial charge in [0.25, 0.3) is 0 Å². The van der Waals surface area contributed by atoms with Crippen molar-refractivity contribution >= 4 is 0 Å². The zero-order valence-electron chi connectivity index (χ0n) is 7.26. The minimum atomic E-state index is -0.743. The lowest BCUT2D eigenvalue weighted by molar-refractivity contribution is -0.0378. The number of fused-ring (bicyclic) bond motifs is 2. The molecule has 0 aliphatic carbocycles. The summed E-state index contributed by atoms with van der Waals surface area (Å²) >= 11 is 0. The number of ether oxygens (including phenoxy) is 1. The van der Waals surface area contributed by atoms with Crippen LogP contribution >= 0.6 is 0 Å². The largest absolute Gasteiger partial charge is 0.396 e. The second kappa shape index (κ2) is 3.06. The molecule has 2 bridgehead atoms. The van der Waals surface area contributed by atoms with Crippen LogP contribution in [0.25, 0.3) is 0 Å². The van der Waals surface area contributed by atoms with Gasteiger partial charge in [0.05, 0.1) is 12.7 Å². The summed E-state index contributed by atoms with van der Waals surface area (Å²) < 4.78 is 5.53. The van der Waals surface area contributed by atoms with E-state index >= 15 is 0 Å². The normalized spacial score (nSPS) is 47.5. The molecule has 74 valence electrons. The van der Waals surface area contributed by atoms with Gasteiger partial charge in [-0.05, 0) is 0 Å². The molecule has 13 heavy (non-hydrogen) atoms. The highest BCUT2D eigenvalue weighted by Crippen LogP contribution is 2.46. The first-order valence-corrected chi connectivity index (χ1v) is 4.47. The highest BCUT2D eigenvalue weighted by molar-refractivity contribution is 5.22. The van der Waals surface area contributed by atoms with E-state index in [-0.39, 0.29) is 37.8 Å². The molecule has 0 radical (unpaired) electrons. The van der Waals surface area contributed by atoms with Crippen molar-refractivity contribution in [3.8, 4) is 0 Å². The molecule has 0 aromatic carbocycles. The Kier molecular flexibility index (Phi) is 2.15. The Morgan fingerprint density at radius 3 is 2.54 bits per heavy atom. The number of hydrogen-bond donors (Lipinski definition) is 3. The molecule has 2 aliphatic heterocycles. The van der Waals surface area contributed by atoms with Gasteiger partial charge in [0.15, 0.2) is 0 Å². The Hall–Kier alpha value is -0.420. The monoisotopic (exact) mass is 186 g/mol. The summed E-state index contributed by atoms with van der Waals surface area (Å²) in [6.07, 6.45) is 3.50. The van der Waals surface area contributed by atoms with E-state index in [2.05, 4.69) is 0 Å². The van der Waals surface area contributed by atoms with Gasteiger partial charge in [-0.15, -0.1) is 0 Å². The van der Waals surface area contributed by atoms with Crippen LogP contribution in [-0.2, 0) is 4.74 Å². The summed E-state index contributed by atoms with van der Waals surface area (Å²) in [6, 6.07) is 0. The molecule has 0 saturated carbocycles. The maximum atomic E-state index is 9.19. The van der Waals surface area contributed by atoms with E-state index in [1.807, 2.05) is 6.08 Å². The summed E-state index contributed by atoms with van der Waals surface area (Å²) in [5.74, 6) is -0.264. The van der Waals surface area contributed by atoms with Crippen molar-refractivity contribution in [2.45, 2.75) is 11.7 Å². The lowest BCUT2D eigenvalue weighted by Gasteiger charge is -2.29. The van der Waals surface area contributed by atoms with Crippen molar-refractivity contribution in [2.24, 2.45) is 11.8 Å². The fourth-order valence-corrected chi connectivity index (χ4v) is 2.35. The van der Waals surface area contributed by atoms with Crippen molar-refractivity contribution in [1.82, 2.24) is 0 Å². The van der Waals surface area contributed by atoms with E-state index in [1.165, 1.54) is 0 Å². The van der Waals surface area contributed by atoms with Crippen LogP contribution in [0, 0.1) is 11.8 Å². The molecule has 2 rings (SSSR count). The van der Waals surface area contributed by atoms with Crippen LogP contribution in [-0.4, -0.2) is 46.8 Å². The van der Waals surface area contributed by atoms with Gasteiger partial charge in [-0.1, -0.05) is 12.2 Å². The van der Waals surface area contributed by atoms with Crippen molar-refractivity contribution in [3.05, 3.63) is 12.2 Å². The summed E-state index contributed by atoms with van der Waals surface area (Å²) in [6.45, 7) is -0.212. The molecule has 4 nitrogen and oxygen atoms in total. The summed E-state index contributed by atoms with van der Waals surface area (Å²) in [5, 5.41) is 27.4. The van der Waals surface area contributed by atoms with Crippen molar-refractivity contribution in [3.63, 3.8) is 0 Å². The Bertz CT molecular complexity index is 228. The second-order valence-electron chi connectivity index (χ2n) is 3.69. The van der Waals surface area contributed by atoms with Gasteiger partial charge >= 0.3 is 0 Å². The maximum Gasteiger partial charge on any atom is 0.116 e. The third-order valence-electron chi connectivity index (χ3n) is 3.14. The third kappa shape index (κ3) is 1.07. The predicted molar refractivity (Wildman–Crippen MR) is 45.0 cm³/mol.